The number of nitro benzene ring substituents is 1. The van der Waals surface area contributed by atoms with Gasteiger partial charge in [0.15, 0.2) is 6.61 Å². The second-order valence-electron chi connectivity index (χ2n) is 4.79. The largest absolute Gasteiger partial charge is 0.482 e. The molecule has 1 N–H and O–H groups in total. The van der Waals surface area contributed by atoms with E-state index in [1.165, 1.54) is 6.07 Å². The van der Waals surface area contributed by atoms with E-state index >= 15 is 0 Å². The number of ether oxygens (including phenoxy) is 1. The average Bonchev–Trinajstić information content (AvgIpc) is 2.54. The molecule has 1 amide bonds. The van der Waals surface area contributed by atoms with Crippen LogP contribution in [0.15, 0.2) is 41.3 Å². The number of hydrogen-bond acceptors (Lipinski definition) is 6. The summed E-state index contributed by atoms with van der Waals surface area (Å²) < 4.78 is 39.6. The molecule has 26 heavy (non-hydrogen) atoms. The van der Waals surface area contributed by atoms with Crippen molar-refractivity contribution in [2.75, 3.05) is 11.9 Å². The molecule has 2 aromatic carbocycles. The first kappa shape index (κ1) is 19.9. The first-order valence-electron chi connectivity index (χ1n) is 6.69. The third-order valence-electron chi connectivity index (χ3n) is 2.98. The Labute approximate surface area is 156 Å². The molecule has 0 atom stereocenters. The third kappa shape index (κ3) is 5.04. The van der Waals surface area contributed by atoms with Gasteiger partial charge in [0.2, 0.25) is 0 Å². The topological polar surface area (TPSA) is 116 Å². The number of carbonyl (C=O) groups excluding carboxylic acids is 1. The molecule has 2 aromatic rings. The summed E-state index contributed by atoms with van der Waals surface area (Å²) in [7, 11) is -4.92. The summed E-state index contributed by atoms with van der Waals surface area (Å²) in [5.41, 5.74) is -0.191. The van der Waals surface area contributed by atoms with Crippen molar-refractivity contribution in [1.82, 2.24) is 0 Å². The van der Waals surface area contributed by atoms with Crippen molar-refractivity contribution in [1.29, 1.82) is 0 Å². The van der Waals surface area contributed by atoms with E-state index in [1.54, 1.807) is 0 Å². The highest BCUT2D eigenvalue weighted by molar-refractivity contribution is 7.86. The van der Waals surface area contributed by atoms with Crippen molar-refractivity contribution < 1.29 is 26.8 Å². The molecule has 0 aliphatic heterocycles. The number of anilines is 1. The molecular weight excluding hydrogens is 414 g/mol. The fraction of sp³-hybridized carbons (Fsp3) is 0.0714. The number of benzene rings is 2. The van der Waals surface area contributed by atoms with E-state index in [0.29, 0.717) is 0 Å². The van der Waals surface area contributed by atoms with Gasteiger partial charge in [-0.3, -0.25) is 14.9 Å². The Hall–Kier alpha value is -2.43. The van der Waals surface area contributed by atoms with Gasteiger partial charge in [0.25, 0.3) is 11.6 Å². The maximum absolute atomic E-state index is 12.9. The van der Waals surface area contributed by atoms with E-state index in [1.807, 2.05) is 0 Å². The van der Waals surface area contributed by atoms with Crippen LogP contribution in [0.25, 0.3) is 0 Å². The number of halogens is 3. The third-order valence-corrected chi connectivity index (χ3v) is 4.41. The molecule has 0 spiro atoms. The molecule has 0 radical (unpaired) electrons. The number of carbonyl (C=O) groups is 1. The maximum atomic E-state index is 12.9. The highest BCUT2D eigenvalue weighted by atomic mass is 35.5. The van der Waals surface area contributed by atoms with E-state index < -0.39 is 32.6 Å². The minimum absolute atomic E-state index is 0.0439. The summed E-state index contributed by atoms with van der Waals surface area (Å²) in [6.07, 6.45) is 0. The fourth-order valence-corrected chi connectivity index (χ4v) is 2.81. The lowest BCUT2D eigenvalue weighted by molar-refractivity contribution is -0.384. The second kappa shape index (κ2) is 7.85. The maximum Gasteiger partial charge on any atom is 0.332 e. The van der Waals surface area contributed by atoms with Crippen LogP contribution in [-0.2, 0) is 15.0 Å². The van der Waals surface area contributed by atoms with Gasteiger partial charge in [-0.25, -0.2) is 0 Å². The van der Waals surface area contributed by atoms with Crippen molar-refractivity contribution in [2.24, 2.45) is 0 Å². The van der Waals surface area contributed by atoms with E-state index in [4.69, 9.17) is 27.9 Å². The molecule has 0 unspecified atom stereocenters. The zero-order valence-electron chi connectivity index (χ0n) is 12.6. The van der Waals surface area contributed by atoms with Gasteiger partial charge in [0, 0.05) is 12.1 Å². The van der Waals surface area contributed by atoms with Gasteiger partial charge < -0.3 is 10.1 Å². The van der Waals surface area contributed by atoms with Crippen LogP contribution in [0.4, 0.5) is 15.3 Å². The Balaban J connectivity index is 2.02. The highest BCUT2D eigenvalue weighted by Crippen LogP contribution is 2.29. The number of non-ortho nitro benzene ring substituents is 1. The van der Waals surface area contributed by atoms with Crippen LogP contribution in [0.2, 0.25) is 10.0 Å². The number of nitrogens with one attached hydrogen (secondary N) is 1. The van der Waals surface area contributed by atoms with Crippen LogP contribution in [0.3, 0.4) is 0 Å². The number of rotatable bonds is 6. The molecule has 0 saturated carbocycles. The summed E-state index contributed by atoms with van der Waals surface area (Å²) in [6.45, 7) is -0.503. The first-order chi connectivity index (χ1) is 12.1. The van der Waals surface area contributed by atoms with E-state index in [0.717, 1.165) is 30.3 Å². The molecule has 0 aliphatic carbocycles. The summed E-state index contributed by atoms with van der Waals surface area (Å²) in [5.74, 6) is -0.616. The molecule has 8 nitrogen and oxygen atoms in total. The predicted octanol–water partition coefficient (Wildman–Crippen LogP) is 3.58. The highest BCUT2D eigenvalue weighted by Gasteiger charge is 2.16. The molecule has 0 aliphatic rings. The Morgan fingerprint density at radius 3 is 2.42 bits per heavy atom. The van der Waals surface area contributed by atoms with E-state index in [2.05, 4.69) is 5.32 Å². The van der Waals surface area contributed by atoms with Crippen molar-refractivity contribution in [3.63, 3.8) is 0 Å². The van der Waals surface area contributed by atoms with Crippen molar-refractivity contribution in [3.05, 3.63) is 56.6 Å². The molecule has 0 aromatic heterocycles. The average molecular weight is 423 g/mol. The van der Waals surface area contributed by atoms with Gasteiger partial charge in [0.05, 0.1) is 20.7 Å². The van der Waals surface area contributed by atoms with Gasteiger partial charge in [-0.1, -0.05) is 23.2 Å². The number of hydrogen-bond donors (Lipinski definition) is 1. The SMILES string of the molecule is O=C(COc1ccc([N+](=O)[O-])cc1Cl)Nc1ccc(S(=O)(=O)F)cc1Cl. The Bertz CT molecular complexity index is 983. The van der Waals surface area contributed by atoms with Crippen LogP contribution in [0, 0.1) is 10.1 Å². The van der Waals surface area contributed by atoms with Gasteiger partial charge in [0.1, 0.15) is 10.6 Å². The van der Waals surface area contributed by atoms with Gasteiger partial charge in [-0.15, -0.1) is 3.89 Å². The van der Waals surface area contributed by atoms with E-state index in [9.17, 15) is 27.2 Å². The van der Waals surface area contributed by atoms with Crippen LogP contribution in [0.5, 0.6) is 5.75 Å². The summed E-state index contributed by atoms with van der Waals surface area (Å²) in [5, 5.41) is 12.7. The first-order valence-corrected chi connectivity index (χ1v) is 8.82. The molecule has 138 valence electrons. The standard InChI is InChI=1S/C14H9Cl2FN2O6S/c15-10-6-9(26(17,23)24)2-3-12(10)18-14(20)7-25-13-4-1-8(19(21)22)5-11(13)16/h1-6H,7H2,(H,18,20). The molecule has 12 heteroatoms. The predicted molar refractivity (Wildman–Crippen MR) is 92.0 cm³/mol. The minimum Gasteiger partial charge on any atom is -0.482 e. The summed E-state index contributed by atoms with van der Waals surface area (Å²) in [4.78, 5) is 21.2. The second-order valence-corrected chi connectivity index (χ2v) is 6.95. The fourth-order valence-electron chi connectivity index (χ4n) is 1.80. The van der Waals surface area contributed by atoms with Crippen molar-refractivity contribution in [2.45, 2.75) is 4.90 Å². The number of nitro groups is 1. The Morgan fingerprint density at radius 2 is 1.88 bits per heavy atom. The quantitative estimate of drug-likeness (QED) is 0.432. The van der Waals surface area contributed by atoms with E-state index in [-0.39, 0.29) is 27.2 Å². The molecule has 0 bridgehead atoms. The lowest BCUT2D eigenvalue weighted by Crippen LogP contribution is -2.20. The normalized spacial score (nSPS) is 11.0. The molecule has 0 saturated heterocycles. The number of amides is 1. The minimum atomic E-state index is -4.92. The molecular formula is C14H9Cl2FN2O6S. The van der Waals surface area contributed by atoms with Gasteiger partial charge in [-0.05, 0) is 24.3 Å². The Kier molecular flexibility index (Phi) is 6.01. The molecule has 0 fully saturated rings. The molecule has 2 rings (SSSR count). The number of nitrogens with zero attached hydrogens (tertiary/aromatic N) is 1. The summed E-state index contributed by atoms with van der Waals surface area (Å²) in [6, 6.07) is 6.37. The van der Waals surface area contributed by atoms with Crippen molar-refractivity contribution in [3.8, 4) is 5.75 Å². The Morgan fingerprint density at radius 1 is 1.19 bits per heavy atom. The van der Waals surface area contributed by atoms with Crippen LogP contribution in [0.1, 0.15) is 0 Å². The van der Waals surface area contributed by atoms with Crippen LogP contribution in [-0.4, -0.2) is 25.9 Å². The summed E-state index contributed by atoms with van der Waals surface area (Å²) >= 11 is 11.6. The van der Waals surface area contributed by atoms with Gasteiger partial charge in [-0.2, -0.15) is 8.42 Å². The van der Waals surface area contributed by atoms with Crippen LogP contribution < -0.4 is 10.1 Å². The van der Waals surface area contributed by atoms with Crippen molar-refractivity contribution >= 4 is 50.7 Å². The lowest BCUT2D eigenvalue weighted by Gasteiger charge is -2.10. The van der Waals surface area contributed by atoms with Gasteiger partial charge >= 0.3 is 10.2 Å². The lowest BCUT2D eigenvalue weighted by atomic mass is 10.3. The van der Waals surface area contributed by atoms with Crippen LogP contribution >= 0.6 is 23.2 Å². The zero-order chi connectivity index (χ0) is 19.5. The molecule has 0 heterocycles. The zero-order valence-corrected chi connectivity index (χ0v) is 14.9. The smallest absolute Gasteiger partial charge is 0.332 e. The monoisotopic (exact) mass is 422 g/mol.